The maximum absolute atomic E-state index is 12.2. The average Bonchev–Trinajstić information content (AvgIpc) is 2.62. The predicted octanol–water partition coefficient (Wildman–Crippen LogP) is 2.59. The van der Waals surface area contributed by atoms with Crippen LogP contribution in [0.25, 0.3) is 0 Å². The number of sulfonamides is 1. The number of nitriles is 1. The van der Waals surface area contributed by atoms with Crippen molar-refractivity contribution in [2.75, 3.05) is 17.1 Å². The number of rotatable bonds is 7. The molecule has 7 heteroatoms. The molecular weight excluding hydrogens is 350 g/mol. The van der Waals surface area contributed by atoms with Gasteiger partial charge in [0.2, 0.25) is 15.9 Å². The minimum absolute atomic E-state index is 0.0259. The van der Waals surface area contributed by atoms with Gasteiger partial charge in [-0.05, 0) is 36.8 Å². The molecule has 0 aliphatic carbocycles. The van der Waals surface area contributed by atoms with E-state index in [2.05, 4.69) is 5.32 Å². The summed E-state index contributed by atoms with van der Waals surface area (Å²) in [6.07, 6.45) is 1.12. The lowest BCUT2D eigenvalue weighted by Crippen LogP contribution is -2.35. The van der Waals surface area contributed by atoms with E-state index in [1.54, 1.807) is 24.3 Å². The molecule has 1 amide bonds. The first-order valence-corrected chi connectivity index (χ1v) is 9.98. The fourth-order valence-electron chi connectivity index (χ4n) is 2.53. The zero-order valence-corrected chi connectivity index (χ0v) is 15.5. The van der Waals surface area contributed by atoms with Crippen LogP contribution in [0.3, 0.4) is 0 Å². The van der Waals surface area contributed by atoms with E-state index in [0.717, 1.165) is 11.8 Å². The van der Waals surface area contributed by atoms with Gasteiger partial charge in [-0.2, -0.15) is 5.26 Å². The first-order valence-electron chi connectivity index (χ1n) is 8.13. The second kappa shape index (κ2) is 8.50. The molecule has 136 valence electrons. The molecule has 2 aromatic carbocycles. The fraction of sp³-hybridized carbons (Fsp3) is 0.263. The molecule has 1 unspecified atom stereocenters. The topological polar surface area (TPSA) is 90.3 Å². The lowest BCUT2D eigenvalue weighted by Gasteiger charge is -2.23. The first-order chi connectivity index (χ1) is 12.3. The van der Waals surface area contributed by atoms with E-state index in [9.17, 15) is 13.2 Å². The molecule has 1 N–H and O–H groups in total. The monoisotopic (exact) mass is 371 g/mol. The smallest absolute Gasteiger partial charge is 0.232 e. The van der Waals surface area contributed by atoms with E-state index < -0.39 is 10.0 Å². The summed E-state index contributed by atoms with van der Waals surface area (Å²) in [6, 6.07) is 17.6. The summed E-state index contributed by atoms with van der Waals surface area (Å²) in [4.78, 5) is 12.2. The number of carbonyl (C=O) groups excluding carboxylic acids is 1. The van der Waals surface area contributed by atoms with Crippen molar-refractivity contribution < 1.29 is 13.2 Å². The Balaban J connectivity index is 2.03. The van der Waals surface area contributed by atoms with Crippen LogP contribution in [0.15, 0.2) is 54.6 Å². The molecule has 0 radical (unpaired) electrons. The number of amides is 1. The van der Waals surface area contributed by atoms with Crippen LogP contribution in [0.2, 0.25) is 0 Å². The van der Waals surface area contributed by atoms with Crippen LogP contribution >= 0.6 is 0 Å². The summed E-state index contributed by atoms with van der Waals surface area (Å²) in [5.41, 5.74) is 1.85. The Morgan fingerprint density at radius 3 is 2.31 bits per heavy atom. The highest BCUT2D eigenvalue weighted by atomic mass is 32.2. The number of hydrogen-bond acceptors (Lipinski definition) is 4. The molecule has 0 aliphatic rings. The van der Waals surface area contributed by atoms with E-state index in [1.165, 1.54) is 4.31 Å². The van der Waals surface area contributed by atoms with Gasteiger partial charge < -0.3 is 5.32 Å². The van der Waals surface area contributed by atoms with Gasteiger partial charge in [-0.15, -0.1) is 0 Å². The largest absolute Gasteiger partial charge is 0.350 e. The lowest BCUT2D eigenvalue weighted by molar-refractivity contribution is -0.121. The number of nitrogens with zero attached hydrogens (tertiary/aromatic N) is 2. The quantitative estimate of drug-likeness (QED) is 0.810. The van der Waals surface area contributed by atoms with Gasteiger partial charge in [0.05, 0.1) is 29.6 Å². The molecule has 2 rings (SSSR count). The Kier molecular flexibility index (Phi) is 6.36. The number of anilines is 1. The van der Waals surface area contributed by atoms with Gasteiger partial charge >= 0.3 is 0 Å². The Hall–Kier alpha value is -2.85. The number of hydrogen-bond donors (Lipinski definition) is 1. The molecule has 0 bridgehead atoms. The fourth-order valence-corrected chi connectivity index (χ4v) is 3.46. The molecule has 0 fully saturated rings. The van der Waals surface area contributed by atoms with Crippen molar-refractivity contribution in [3.05, 3.63) is 65.7 Å². The van der Waals surface area contributed by atoms with Crippen LogP contribution in [0.5, 0.6) is 0 Å². The zero-order valence-electron chi connectivity index (χ0n) is 14.7. The van der Waals surface area contributed by atoms with Gasteiger partial charge in [-0.25, -0.2) is 8.42 Å². The molecular formula is C19H21N3O3S. The highest BCUT2D eigenvalue weighted by Gasteiger charge is 2.19. The third kappa shape index (κ3) is 5.33. The third-order valence-corrected chi connectivity index (χ3v) is 5.10. The summed E-state index contributed by atoms with van der Waals surface area (Å²) < 4.78 is 25.3. The Morgan fingerprint density at radius 2 is 1.77 bits per heavy atom. The van der Waals surface area contributed by atoms with Crippen molar-refractivity contribution in [2.24, 2.45) is 0 Å². The van der Waals surface area contributed by atoms with Crippen LogP contribution < -0.4 is 9.62 Å². The molecule has 0 saturated carbocycles. The minimum Gasteiger partial charge on any atom is -0.350 e. The van der Waals surface area contributed by atoms with E-state index in [4.69, 9.17) is 5.26 Å². The first kappa shape index (κ1) is 19.5. The molecule has 0 heterocycles. The molecule has 26 heavy (non-hydrogen) atoms. The van der Waals surface area contributed by atoms with Gasteiger partial charge in [0.25, 0.3) is 0 Å². The Bertz CT molecular complexity index is 888. The second-order valence-corrected chi connectivity index (χ2v) is 7.85. The second-order valence-electron chi connectivity index (χ2n) is 5.94. The van der Waals surface area contributed by atoms with Gasteiger partial charge in [0, 0.05) is 13.0 Å². The van der Waals surface area contributed by atoms with Gasteiger partial charge in [-0.3, -0.25) is 9.10 Å². The average molecular weight is 371 g/mol. The summed E-state index contributed by atoms with van der Waals surface area (Å²) in [7, 11) is -3.54. The SMILES string of the molecule is CC(NC(=O)CCN(c1ccc(C#N)cc1)S(C)(=O)=O)c1ccccc1. The van der Waals surface area contributed by atoms with Crippen LogP contribution in [0, 0.1) is 11.3 Å². The van der Waals surface area contributed by atoms with E-state index in [-0.39, 0.29) is 24.9 Å². The van der Waals surface area contributed by atoms with Crippen molar-refractivity contribution in [1.82, 2.24) is 5.32 Å². The summed E-state index contributed by atoms with van der Waals surface area (Å²) >= 11 is 0. The Morgan fingerprint density at radius 1 is 1.15 bits per heavy atom. The van der Waals surface area contributed by atoms with E-state index >= 15 is 0 Å². The number of benzene rings is 2. The summed E-state index contributed by atoms with van der Waals surface area (Å²) in [6.45, 7) is 1.90. The standard InChI is InChI=1S/C19H21N3O3S/c1-15(17-6-4-3-5-7-17)21-19(23)12-13-22(26(2,24)25)18-10-8-16(14-20)9-11-18/h3-11,15H,12-13H2,1-2H3,(H,21,23). The molecule has 0 aromatic heterocycles. The van der Waals surface area contributed by atoms with Crippen LogP contribution in [0.1, 0.15) is 30.5 Å². The van der Waals surface area contributed by atoms with Gasteiger partial charge in [0.1, 0.15) is 0 Å². The normalized spacial score (nSPS) is 12.0. The molecule has 2 aromatic rings. The van der Waals surface area contributed by atoms with Crippen molar-refractivity contribution in [1.29, 1.82) is 5.26 Å². The molecule has 0 spiro atoms. The summed E-state index contributed by atoms with van der Waals surface area (Å²) in [5.74, 6) is -0.233. The lowest BCUT2D eigenvalue weighted by atomic mass is 10.1. The van der Waals surface area contributed by atoms with E-state index in [0.29, 0.717) is 11.3 Å². The molecule has 0 aliphatic heterocycles. The van der Waals surface area contributed by atoms with Crippen molar-refractivity contribution in [3.63, 3.8) is 0 Å². The number of nitrogens with one attached hydrogen (secondary N) is 1. The van der Waals surface area contributed by atoms with Gasteiger partial charge in [-0.1, -0.05) is 30.3 Å². The highest BCUT2D eigenvalue weighted by molar-refractivity contribution is 7.92. The number of carbonyl (C=O) groups is 1. The van der Waals surface area contributed by atoms with Crippen LogP contribution in [-0.2, 0) is 14.8 Å². The molecule has 0 saturated heterocycles. The minimum atomic E-state index is -3.54. The van der Waals surface area contributed by atoms with E-state index in [1.807, 2.05) is 43.3 Å². The van der Waals surface area contributed by atoms with Crippen molar-refractivity contribution in [2.45, 2.75) is 19.4 Å². The van der Waals surface area contributed by atoms with Crippen LogP contribution in [-0.4, -0.2) is 27.1 Å². The van der Waals surface area contributed by atoms with Crippen LogP contribution in [0.4, 0.5) is 5.69 Å². The highest BCUT2D eigenvalue weighted by Crippen LogP contribution is 2.19. The third-order valence-electron chi connectivity index (χ3n) is 3.90. The van der Waals surface area contributed by atoms with Gasteiger partial charge in [0.15, 0.2) is 0 Å². The van der Waals surface area contributed by atoms with Crippen molar-refractivity contribution >= 4 is 21.6 Å². The maximum Gasteiger partial charge on any atom is 0.232 e. The molecule has 1 atom stereocenters. The molecule has 6 nitrogen and oxygen atoms in total. The maximum atomic E-state index is 12.2. The Labute approximate surface area is 154 Å². The predicted molar refractivity (Wildman–Crippen MR) is 101 cm³/mol. The summed E-state index contributed by atoms with van der Waals surface area (Å²) in [5, 5.41) is 11.7. The zero-order chi connectivity index (χ0) is 19.2. The van der Waals surface area contributed by atoms with Crippen molar-refractivity contribution in [3.8, 4) is 6.07 Å².